The Balaban J connectivity index is 1.68. The summed E-state index contributed by atoms with van der Waals surface area (Å²) in [5.41, 5.74) is -0.157. The van der Waals surface area contributed by atoms with Crippen molar-refractivity contribution in [3.63, 3.8) is 0 Å². The van der Waals surface area contributed by atoms with Gasteiger partial charge in [0.05, 0.1) is 17.5 Å². The highest BCUT2D eigenvalue weighted by Gasteiger charge is 2.75. The maximum absolute atomic E-state index is 13.7. The van der Waals surface area contributed by atoms with Crippen LogP contribution in [0.2, 0.25) is 0 Å². The highest BCUT2D eigenvalue weighted by molar-refractivity contribution is 8.78. The molecule has 1 spiro atoms. The number of nitrogens with zero attached hydrogens (tertiary/aromatic N) is 3. The number of rotatable bonds is 3. The molecule has 2 bridgehead atoms. The molecule has 5 aliphatic heterocycles. The van der Waals surface area contributed by atoms with E-state index in [9.17, 15) is 14.9 Å². The third-order valence-electron chi connectivity index (χ3n) is 6.19. The van der Waals surface area contributed by atoms with Crippen LogP contribution in [-0.2, 0) is 9.59 Å². The predicted molar refractivity (Wildman–Crippen MR) is 109 cm³/mol. The Morgan fingerprint density at radius 2 is 2.03 bits per heavy atom. The molecule has 0 N–H and O–H groups in total. The molecule has 0 radical (unpaired) electrons. The van der Waals surface area contributed by atoms with Gasteiger partial charge in [-0.15, -0.1) is 6.58 Å². The first-order valence-corrected chi connectivity index (χ1v) is 11.4. The molecule has 4 atom stereocenters. The Bertz CT molecular complexity index is 1010. The molecule has 0 aromatic heterocycles. The van der Waals surface area contributed by atoms with E-state index in [1.807, 2.05) is 19.1 Å². The van der Waals surface area contributed by atoms with Crippen LogP contribution in [0.15, 0.2) is 30.9 Å². The zero-order chi connectivity index (χ0) is 20.6. The van der Waals surface area contributed by atoms with E-state index in [4.69, 9.17) is 9.47 Å². The fourth-order valence-electron chi connectivity index (χ4n) is 4.80. The summed E-state index contributed by atoms with van der Waals surface area (Å²) in [6.45, 7) is 7.78. The van der Waals surface area contributed by atoms with E-state index >= 15 is 0 Å². The average molecular weight is 430 g/mol. The molecule has 0 aliphatic carbocycles. The quantitative estimate of drug-likeness (QED) is 0.539. The van der Waals surface area contributed by atoms with Crippen LogP contribution >= 0.6 is 21.6 Å². The molecule has 5 aliphatic rings. The van der Waals surface area contributed by atoms with Gasteiger partial charge in [0.1, 0.15) is 0 Å². The molecule has 6 rings (SSSR count). The van der Waals surface area contributed by atoms with Crippen LogP contribution in [0.4, 0.5) is 0 Å². The second kappa shape index (κ2) is 5.86. The number of hydrogen-bond acceptors (Lipinski definition) is 7. The minimum atomic E-state index is -1.10. The Labute approximate surface area is 176 Å². The number of fused-ring (bicyclic) bond motifs is 3. The number of benzene rings is 1. The molecular weight excluding hydrogens is 410 g/mol. The van der Waals surface area contributed by atoms with Crippen LogP contribution in [0.1, 0.15) is 31.9 Å². The van der Waals surface area contributed by atoms with Gasteiger partial charge in [-0.05, 0) is 31.5 Å². The van der Waals surface area contributed by atoms with Gasteiger partial charge < -0.3 is 19.3 Å². The number of carbonyl (C=O) groups is 2. The molecule has 1 aromatic carbocycles. The number of carbonyl (C=O) groups excluding carboxylic acids is 2. The minimum absolute atomic E-state index is 0.132. The summed E-state index contributed by atoms with van der Waals surface area (Å²) in [7, 11) is 2.80. The topological polar surface area (TPSA) is 82.9 Å². The molecule has 2 amide bonds. The van der Waals surface area contributed by atoms with Gasteiger partial charge in [-0.2, -0.15) is 5.26 Å². The third-order valence-corrected chi connectivity index (χ3v) is 9.83. The molecule has 1 unspecified atom stereocenters. The number of piperazine rings is 1. The number of nitriles is 1. The second-order valence-corrected chi connectivity index (χ2v) is 10.8. The lowest BCUT2D eigenvalue weighted by Gasteiger charge is -2.58. The Kier molecular flexibility index (Phi) is 3.78. The summed E-state index contributed by atoms with van der Waals surface area (Å²) in [6.07, 6.45) is 1.90. The van der Waals surface area contributed by atoms with E-state index in [1.54, 1.807) is 28.9 Å². The molecule has 29 heavy (non-hydrogen) atoms. The Morgan fingerprint density at radius 1 is 1.28 bits per heavy atom. The number of amides is 2. The minimum Gasteiger partial charge on any atom is -0.454 e. The largest absolute Gasteiger partial charge is 0.454 e. The zero-order valence-electron chi connectivity index (χ0n) is 16.0. The maximum Gasteiger partial charge on any atom is 0.261 e. The van der Waals surface area contributed by atoms with E-state index in [0.29, 0.717) is 18.0 Å². The zero-order valence-corrected chi connectivity index (χ0v) is 17.6. The van der Waals surface area contributed by atoms with Crippen molar-refractivity contribution in [1.29, 1.82) is 5.26 Å². The predicted octanol–water partition coefficient (Wildman–Crippen LogP) is 3.05. The number of ether oxygens (including phenoxy) is 2. The molecule has 9 heteroatoms. The van der Waals surface area contributed by atoms with E-state index in [-0.39, 0.29) is 25.0 Å². The lowest BCUT2D eigenvalue weighted by molar-refractivity contribution is -0.165. The fourth-order valence-corrected chi connectivity index (χ4v) is 8.34. The second-order valence-electron chi connectivity index (χ2n) is 8.03. The van der Waals surface area contributed by atoms with Crippen LogP contribution in [0, 0.1) is 16.7 Å². The normalized spacial score (nSPS) is 36.9. The van der Waals surface area contributed by atoms with E-state index in [2.05, 4.69) is 12.6 Å². The van der Waals surface area contributed by atoms with E-state index in [0.717, 1.165) is 5.56 Å². The van der Waals surface area contributed by atoms with E-state index < -0.39 is 21.2 Å². The number of hydrogen-bond donors (Lipinski definition) is 0. The summed E-state index contributed by atoms with van der Waals surface area (Å²) < 4.78 is 10.9. The van der Waals surface area contributed by atoms with Crippen molar-refractivity contribution >= 4 is 33.4 Å². The van der Waals surface area contributed by atoms with Gasteiger partial charge in [-0.3, -0.25) is 9.59 Å². The summed E-state index contributed by atoms with van der Waals surface area (Å²) in [4.78, 5) is 28.5. The van der Waals surface area contributed by atoms with Crippen molar-refractivity contribution in [2.24, 2.45) is 5.41 Å². The standard InChI is InChI=1S/C20H19N3O4S2/c1-4-7-22-17(25)20-9-18(2,10-21)15(23(20)16(24)19(22,3)28-29-20)12-5-6-13-14(8-12)27-11-26-13/h4-6,8,15H,1,7,9,11H2,2-3H3/t15-,18+,19+,20?/m0/s1. The van der Waals surface area contributed by atoms with Crippen LogP contribution in [-0.4, -0.2) is 44.7 Å². The van der Waals surface area contributed by atoms with Crippen LogP contribution in [0.5, 0.6) is 11.5 Å². The average Bonchev–Trinajstić information content (AvgIpc) is 3.28. The van der Waals surface area contributed by atoms with Gasteiger partial charge in [0.15, 0.2) is 21.2 Å². The SMILES string of the molecule is C=CCN1C(=O)C23C[C@](C)(C#N)[C@H](c4ccc5c(c4)OCO5)N2C(=O)[C@@]1(C)SS3. The van der Waals surface area contributed by atoms with Gasteiger partial charge in [0.2, 0.25) is 6.79 Å². The monoisotopic (exact) mass is 429 g/mol. The highest BCUT2D eigenvalue weighted by atomic mass is 33.1. The van der Waals surface area contributed by atoms with Gasteiger partial charge in [-0.1, -0.05) is 33.7 Å². The molecule has 7 nitrogen and oxygen atoms in total. The summed E-state index contributed by atoms with van der Waals surface area (Å²) in [6, 6.07) is 7.33. The first-order chi connectivity index (χ1) is 13.8. The maximum atomic E-state index is 13.7. The fraction of sp³-hybridized carbons (Fsp3) is 0.450. The van der Waals surface area contributed by atoms with Gasteiger partial charge >= 0.3 is 0 Å². The third kappa shape index (κ3) is 2.16. The Morgan fingerprint density at radius 3 is 2.76 bits per heavy atom. The van der Waals surface area contributed by atoms with Crippen molar-refractivity contribution in [2.45, 2.75) is 36.1 Å². The smallest absolute Gasteiger partial charge is 0.261 e. The lowest BCUT2D eigenvalue weighted by Crippen LogP contribution is -2.74. The molecule has 150 valence electrons. The van der Waals surface area contributed by atoms with Crippen LogP contribution < -0.4 is 9.47 Å². The van der Waals surface area contributed by atoms with E-state index in [1.165, 1.54) is 21.6 Å². The van der Waals surface area contributed by atoms with Crippen molar-refractivity contribution in [1.82, 2.24) is 9.80 Å². The van der Waals surface area contributed by atoms with Crippen molar-refractivity contribution in [2.75, 3.05) is 13.3 Å². The van der Waals surface area contributed by atoms with Crippen molar-refractivity contribution < 1.29 is 19.1 Å². The first-order valence-electron chi connectivity index (χ1n) is 9.25. The van der Waals surface area contributed by atoms with Crippen molar-refractivity contribution in [3.8, 4) is 17.6 Å². The summed E-state index contributed by atoms with van der Waals surface area (Å²) in [5, 5.41) is 10.1. The van der Waals surface area contributed by atoms with Gasteiger partial charge in [0.25, 0.3) is 11.8 Å². The summed E-state index contributed by atoms with van der Waals surface area (Å²) >= 11 is 0. The molecular formula is C20H19N3O4S2. The molecule has 4 fully saturated rings. The van der Waals surface area contributed by atoms with Crippen LogP contribution in [0.25, 0.3) is 0 Å². The highest BCUT2D eigenvalue weighted by Crippen LogP contribution is 2.69. The van der Waals surface area contributed by atoms with Crippen molar-refractivity contribution in [3.05, 3.63) is 36.4 Å². The van der Waals surface area contributed by atoms with Gasteiger partial charge in [0, 0.05) is 13.0 Å². The van der Waals surface area contributed by atoms with Gasteiger partial charge in [-0.25, -0.2) is 0 Å². The summed E-state index contributed by atoms with van der Waals surface area (Å²) in [5.74, 6) is 0.945. The molecule has 4 saturated heterocycles. The Hall–Kier alpha value is -2.31. The van der Waals surface area contributed by atoms with Crippen LogP contribution in [0.3, 0.4) is 0 Å². The molecule has 0 saturated carbocycles. The molecule has 5 heterocycles. The first kappa shape index (κ1) is 18.7. The molecule has 1 aromatic rings. The lowest BCUT2D eigenvalue weighted by atomic mass is 9.79.